The molecule has 8 aromatic carbocycles. The van der Waals surface area contributed by atoms with Gasteiger partial charge in [0.2, 0.25) is 0 Å². The third kappa shape index (κ3) is 4.34. The van der Waals surface area contributed by atoms with Crippen LogP contribution in [0.2, 0.25) is 0 Å². The van der Waals surface area contributed by atoms with Crippen LogP contribution in [-0.2, 0) is 6.42 Å². The summed E-state index contributed by atoms with van der Waals surface area (Å²) in [4.78, 5) is 0. The number of fused-ring (bicyclic) bond motifs is 18. The summed E-state index contributed by atoms with van der Waals surface area (Å²) in [6, 6.07) is 52.5. The summed E-state index contributed by atoms with van der Waals surface area (Å²) in [6.07, 6.45) is 9.52. The van der Waals surface area contributed by atoms with E-state index in [-0.39, 0.29) is 0 Å². The van der Waals surface area contributed by atoms with Crippen molar-refractivity contribution in [3.05, 3.63) is 174 Å². The van der Waals surface area contributed by atoms with Crippen molar-refractivity contribution in [3.8, 4) is 23.5 Å². The van der Waals surface area contributed by atoms with Gasteiger partial charge in [0.1, 0.15) is 12.1 Å². The molecule has 13 rings (SSSR count). The van der Waals surface area contributed by atoms with E-state index >= 15 is 0 Å². The molecular formula is C53H28N4S2. The smallest absolute Gasteiger partial charge is 0.101 e. The van der Waals surface area contributed by atoms with Gasteiger partial charge < -0.3 is 9.13 Å². The van der Waals surface area contributed by atoms with Crippen molar-refractivity contribution in [3.63, 3.8) is 0 Å². The number of thiophene rings is 2. The van der Waals surface area contributed by atoms with Crippen LogP contribution in [-0.4, -0.2) is 9.13 Å². The van der Waals surface area contributed by atoms with E-state index in [1.165, 1.54) is 67.6 Å². The maximum absolute atomic E-state index is 11.2. The molecule has 0 saturated carbocycles. The first kappa shape index (κ1) is 32.6. The Morgan fingerprint density at radius 2 is 1.00 bits per heavy atom. The number of hydrogen-bond donors (Lipinski definition) is 0. The molecule has 0 aliphatic heterocycles. The zero-order valence-corrected chi connectivity index (χ0v) is 33.0. The van der Waals surface area contributed by atoms with Crippen LogP contribution in [0.15, 0.2) is 152 Å². The highest BCUT2D eigenvalue weighted by Crippen LogP contribution is 2.48. The third-order valence-electron chi connectivity index (χ3n) is 12.4. The zero-order chi connectivity index (χ0) is 38.9. The van der Waals surface area contributed by atoms with Gasteiger partial charge in [-0.1, -0.05) is 109 Å². The lowest BCUT2D eigenvalue weighted by atomic mass is 9.98. The van der Waals surface area contributed by atoms with Gasteiger partial charge in [0, 0.05) is 61.9 Å². The molecule has 0 N–H and O–H groups in total. The largest absolute Gasteiger partial charge is 0.308 e. The minimum absolute atomic E-state index is 0.499. The standard InChI is InChI=1S/C53H28N4S2/c54-28-32-27-45(57-41-23-19-31-11-4-5-13-35(31)49(41)51-43(57)25-21-39-37-15-7-9-17-47(37)59-53(39)51)33(29-55)26-44(32)56-40-22-18-30-10-2-1-3-12-34(30)48(40)50-42(56)24-20-38-36-14-6-8-16-46(36)58-52(38)50/h1-9,11-27H,10H2. The predicted molar refractivity (Wildman–Crippen MR) is 250 cm³/mol. The summed E-state index contributed by atoms with van der Waals surface area (Å²) >= 11 is 3.64. The van der Waals surface area contributed by atoms with E-state index in [1.54, 1.807) is 0 Å². The average Bonchev–Trinajstić information content (AvgIpc) is 3.99. The highest BCUT2D eigenvalue weighted by molar-refractivity contribution is 7.27. The fourth-order valence-corrected chi connectivity index (χ4v) is 12.4. The van der Waals surface area contributed by atoms with Crippen molar-refractivity contribution in [2.24, 2.45) is 0 Å². The Morgan fingerprint density at radius 1 is 0.475 bits per heavy atom. The first-order valence-electron chi connectivity index (χ1n) is 19.7. The molecule has 0 unspecified atom stereocenters. The zero-order valence-electron chi connectivity index (χ0n) is 31.3. The molecule has 4 heterocycles. The quantitative estimate of drug-likeness (QED) is 0.175. The molecule has 0 amide bonds. The summed E-state index contributed by atoms with van der Waals surface area (Å²) < 4.78 is 9.38. The lowest BCUT2D eigenvalue weighted by Crippen LogP contribution is -2.04. The molecule has 59 heavy (non-hydrogen) atoms. The maximum atomic E-state index is 11.2. The second kappa shape index (κ2) is 12.0. The van der Waals surface area contributed by atoms with Crippen molar-refractivity contribution < 1.29 is 0 Å². The van der Waals surface area contributed by atoms with Gasteiger partial charge >= 0.3 is 0 Å². The molecular weight excluding hydrogens is 757 g/mol. The Bertz CT molecular complexity index is 4020. The van der Waals surface area contributed by atoms with Crippen LogP contribution in [0.1, 0.15) is 22.3 Å². The fraction of sp³-hybridized carbons (Fsp3) is 0.0189. The number of allylic oxidation sites excluding steroid dienone is 3. The van der Waals surface area contributed by atoms with Crippen molar-refractivity contribution in [1.29, 1.82) is 10.5 Å². The highest BCUT2D eigenvalue weighted by atomic mass is 32.1. The monoisotopic (exact) mass is 784 g/mol. The fourth-order valence-electron chi connectivity index (χ4n) is 9.92. The van der Waals surface area contributed by atoms with Crippen LogP contribution in [0.25, 0.3) is 112 Å². The SMILES string of the molecule is N#Cc1cc(-n2c3ccc4ccccc4c3c3c4sc5ccccc5c4ccc32)c(C#N)cc1-n1c2ccc3c(c2c2c4sc5ccccc5c4ccc21)C=CC=CC3. The van der Waals surface area contributed by atoms with E-state index in [9.17, 15) is 10.5 Å². The molecule has 1 aliphatic rings. The molecule has 0 atom stereocenters. The van der Waals surface area contributed by atoms with Crippen molar-refractivity contribution in [1.82, 2.24) is 9.13 Å². The molecule has 272 valence electrons. The van der Waals surface area contributed by atoms with Gasteiger partial charge in [0.15, 0.2) is 0 Å². The molecule has 0 fully saturated rings. The van der Waals surface area contributed by atoms with Crippen molar-refractivity contribution >= 4 is 123 Å². The number of benzene rings is 8. The highest BCUT2D eigenvalue weighted by Gasteiger charge is 2.26. The third-order valence-corrected chi connectivity index (χ3v) is 14.8. The van der Waals surface area contributed by atoms with Crippen LogP contribution >= 0.6 is 22.7 Å². The van der Waals surface area contributed by atoms with E-state index in [2.05, 4.69) is 167 Å². The molecule has 0 radical (unpaired) electrons. The van der Waals surface area contributed by atoms with Crippen molar-refractivity contribution in [2.45, 2.75) is 6.42 Å². The molecule has 12 aromatic rings. The van der Waals surface area contributed by atoms with E-state index in [0.29, 0.717) is 22.5 Å². The normalized spacial score (nSPS) is 12.8. The summed E-state index contributed by atoms with van der Waals surface area (Å²) in [5, 5.41) is 34.2. The minimum Gasteiger partial charge on any atom is -0.308 e. The van der Waals surface area contributed by atoms with Gasteiger partial charge in [-0.2, -0.15) is 10.5 Å². The maximum Gasteiger partial charge on any atom is 0.101 e. The number of aromatic nitrogens is 2. The lowest BCUT2D eigenvalue weighted by molar-refractivity contribution is 1.12. The lowest BCUT2D eigenvalue weighted by Gasteiger charge is -2.16. The summed E-state index contributed by atoms with van der Waals surface area (Å²) in [5.41, 5.74) is 8.89. The Balaban J connectivity index is 1.15. The molecule has 4 aromatic heterocycles. The van der Waals surface area contributed by atoms with Gasteiger partial charge in [-0.3, -0.25) is 0 Å². The van der Waals surface area contributed by atoms with Crippen LogP contribution < -0.4 is 0 Å². The summed E-state index contributed by atoms with van der Waals surface area (Å²) in [7, 11) is 0. The summed E-state index contributed by atoms with van der Waals surface area (Å²) in [6.45, 7) is 0. The molecule has 0 spiro atoms. The van der Waals surface area contributed by atoms with Gasteiger partial charge in [0.05, 0.1) is 44.6 Å². The first-order chi connectivity index (χ1) is 29.2. The molecule has 4 nitrogen and oxygen atoms in total. The summed E-state index contributed by atoms with van der Waals surface area (Å²) in [5.74, 6) is 0. The average molecular weight is 785 g/mol. The van der Waals surface area contributed by atoms with Crippen LogP contribution in [0.3, 0.4) is 0 Å². The molecule has 6 heteroatoms. The van der Waals surface area contributed by atoms with E-state index in [0.717, 1.165) is 44.6 Å². The topological polar surface area (TPSA) is 57.4 Å². The van der Waals surface area contributed by atoms with Crippen LogP contribution in [0, 0.1) is 22.7 Å². The Morgan fingerprint density at radius 3 is 1.64 bits per heavy atom. The predicted octanol–water partition coefficient (Wildman–Crippen LogP) is 14.6. The van der Waals surface area contributed by atoms with Gasteiger partial charge in [-0.25, -0.2) is 0 Å². The second-order valence-corrected chi connectivity index (χ2v) is 17.5. The number of rotatable bonds is 2. The van der Waals surface area contributed by atoms with Gasteiger partial charge in [-0.15, -0.1) is 22.7 Å². The first-order valence-corrected chi connectivity index (χ1v) is 21.3. The number of hydrogen-bond acceptors (Lipinski definition) is 4. The van der Waals surface area contributed by atoms with E-state index in [1.807, 2.05) is 34.8 Å². The van der Waals surface area contributed by atoms with Crippen LogP contribution in [0.5, 0.6) is 0 Å². The van der Waals surface area contributed by atoms with Gasteiger partial charge in [-0.05, 0) is 76.9 Å². The number of nitriles is 2. The Hall–Kier alpha value is -7.48. The van der Waals surface area contributed by atoms with Crippen LogP contribution in [0.4, 0.5) is 0 Å². The van der Waals surface area contributed by atoms with Gasteiger partial charge in [0.25, 0.3) is 0 Å². The molecule has 0 saturated heterocycles. The molecule has 0 bridgehead atoms. The Kier molecular flexibility index (Phi) is 6.64. The second-order valence-electron chi connectivity index (χ2n) is 15.4. The van der Waals surface area contributed by atoms with E-state index in [4.69, 9.17) is 0 Å². The van der Waals surface area contributed by atoms with Crippen molar-refractivity contribution in [2.75, 3.05) is 0 Å². The molecule has 1 aliphatic carbocycles. The van der Waals surface area contributed by atoms with E-state index < -0.39 is 0 Å². The minimum atomic E-state index is 0.499. The Labute approximate surface area is 345 Å². The number of nitrogens with zero attached hydrogens (tertiary/aromatic N) is 4.